The molecule has 2 N–H and O–H groups in total. The average Bonchev–Trinajstić information content (AvgIpc) is 3.02. The Labute approximate surface area is 147 Å². The summed E-state index contributed by atoms with van der Waals surface area (Å²) in [6, 6.07) is 7.05. The fourth-order valence-corrected chi connectivity index (χ4v) is 3.39. The second-order valence-electron chi connectivity index (χ2n) is 6.46. The van der Waals surface area contributed by atoms with Crippen molar-refractivity contribution in [2.45, 2.75) is 12.5 Å². The normalized spacial score (nSPS) is 17.2. The maximum Gasteiger partial charge on any atom is 0.189 e. The lowest BCUT2D eigenvalue weighted by molar-refractivity contribution is 0.578. The molecule has 4 nitrogen and oxygen atoms in total. The van der Waals surface area contributed by atoms with E-state index in [0.29, 0.717) is 24.3 Å². The summed E-state index contributed by atoms with van der Waals surface area (Å²) < 4.78 is 43.5. The lowest BCUT2D eigenvalue weighted by atomic mass is 10.1. The third-order valence-electron chi connectivity index (χ3n) is 4.70. The largest absolute Gasteiger partial charge is 0.367 e. The van der Waals surface area contributed by atoms with E-state index in [2.05, 4.69) is 0 Å². The highest BCUT2D eigenvalue weighted by atomic mass is 19.1. The molecule has 0 saturated carbocycles. The maximum atomic E-state index is 14.6. The first-order chi connectivity index (χ1) is 12.4. The van der Waals surface area contributed by atoms with Gasteiger partial charge in [-0.2, -0.15) is 0 Å². The molecule has 0 radical (unpaired) electrons. The summed E-state index contributed by atoms with van der Waals surface area (Å²) in [6.07, 6.45) is 2.14. The fourth-order valence-electron chi connectivity index (χ4n) is 3.39. The van der Waals surface area contributed by atoms with Crippen LogP contribution >= 0.6 is 0 Å². The van der Waals surface area contributed by atoms with Gasteiger partial charge in [0.15, 0.2) is 5.43 Å². The highest BCUT2D eigenvalue weighted by molar-refractivity contribution is 5.84. The van der Waals surface area contributed by atoms with Gasteiger partial charge in [0.1, 0.15) is 17.5 Å². The monoisotopic (exact) mass is 359 g/mol. The van der Waals surface area contributed by atoms with Crippen LogP contribution < -0.4 is 16.1 Å². The third-order valence-corrected chi connectivity index (χ3v) is 4.70. The van der Waals surface area contributed by atoms with E-state index >= 15 is 0 Å². The molecule has 7 heteroatoms. The van der Waals surface area contributed by atoms with Crippen LogP contribution in [0.4, 0.5) is 18.9 Å². The van der Waals surface area contributed by atoms with Crippen molar-refractivity contribution in [2.75, 3.05) is 18.0 Å². The summed E-state index contributed by atoms with van der Waals surface area (Å²) in [5.41, 5.74) is 6.26. The van der Waals surface area contributed by atoms with Crippen molar-refractivity contribution in [3.63, 3.8) is 0 Å². The molecule has 0 spiro atoms. The Bertz CT molecular complexity index is 1060. The molecule has 1 unspecified atom stereocenters. The Balaban J connectivity index is 1.96. The van der Waals surface area contributed by atoms with Crippen LogP contribution in [0, 0.1) is 17.5 Å². The van der Waals surface area contributed by atoms with Crippen LogP contribution in [-0.4, -0.2) is 23.7 Å². The second-order valence-corrected chi connectivity index (χ2v) is 6.46. The average molecular weight is 359 g/mol. The molecule has 2 aromatic carbocycles. The van der Waals surface area contributed by atoms with E-state index in [4.69, 9.17) is 5.73 Å². The highest BCUT2D eigenvalue weighted by Gasteiger charge is 2.23. The Morgan fingerprint density at radius 2 is 1.77 bits per heavy atom. The molecule has 3 aromatic rings. The van der Waals surface area contributed by atoms with Crippen molar-refractivity contribution in [3.8, 4) is 5.69 Å². The first-order valence-corrected chi connectivity index (χ1v) is 8.25. The minimum Gasteiger partial charge on any atom is -0.367 e. The number of benzene rings is 2. The van der Waals surface area contributed by atoms with E-state index < -0.39 is 17.5 Å². The zero-order chi connectivity index (χ0) is 18.4. The van der Waals surface area contributed by atoms with E-state index in [-0.39, 0.29) is 22.5 Å². The van der Waals surface area contributed by atoms with Crippen LogP contribution in [0.1, 0.15) is 6.42 Å². The van der Waals surface area contributed by atoms with Crippen molar-refractivity contribution >= 4 is 16.6 Å². The molecule has 1 fully saturated rings. The van der Waals surface area contributed by atoms with Crippen molar-refractivity contribution in [3.05, 3.63) is 70.3 Å². The molecule has 1 aliphatic rings. The molecule has 26 heavy (non-hydrogen) atoms. The summed E-state index contributed by atoms with van der Waals surface area (Å²) in [4.78, 5) is 14.0. The zero-order valence-corrected chi connectivity index (χ0v) is 13.8. The Hall–Kier alpha value is -2.80. The number of pyridine rings is 1. The number of nitrogens with zero attached hydrogens (tertiary/aromatic N) is 2. The molecular formula is C19H16F3N3O. The minimum absolute atomic E-state index is 0.0439. The lowest BCUT2D eigenvalue weighted by Gasteiger charge is -2.20. The molecule has 1 aromatic heterocycles. The van der Waals surface area contributed by atoms with Crippen molar-refractivity contribution < 1.29 is 13.2 Å². The molecule has 1 aliphatic heterocycles. The van der Waals surface area contributed by atoms with Crippen molar-refractivity contribution in [1.29, 1.82) is 0 Å². The molecule has 0 aliphatic carbocycles. The SMILES string of the molecule is NC1CCN(c2cc3c(cc2F)c(=O)ccn3-c2ccc(F)cc2F)C1. The third kappa shape index (κ3) is 2.74. The van der Waals surface area contributed by atoms with Gasteiger partial charge in [-0.3, -0.25) is 4.79 Å². The quantitative estimate of drug-likeness (QED) is 0.765. The van der Waals surface area contributed by atoms with E-state index in [1.54, 1.807) is 0 Å². The number of aromatic nitrogens is 1. The molecule has 134 valence electrons. The van der Waals surface area contributed by atoms with Crippen LogP contribution in [-0.2, 0) is 0 Å². The van der Waals surface area contributed by atoms with Gasteiger partial charge in [0.25, 0.3) is 0 Å². The van der Waals surface area contributed by atoms with Crippen LogP contribution in [0.2, 0.25) is 0 Å². The van der Waals surface area contributed by atoms with Crippen LogP contribution in [0.25, 0.3) is 16.6 Å². The number of rotatable bonds is 2. The number of fused-ring (bicyclic) bond motifs is 1. The smallest absolute Gasteiger partial charge is 0.189 e. The lowest BCUT2D eigenvalue weighted by Crippen LogP contribution is -2.27. The number of hydrogen-bond acceptors (Lipinski definition) is 3. The summed E-state index contributed by atoms with van der Waals surface area (Å²) in [5.74, 6) is -2.00. The molecular weight excluding hydrogens is 343 g/mol. The fraction of sp³-hybridized carbons (Fsp3) is 0.211. The van der Waals surface area contributed by atoms with Gasteiger partial charge >= 0.3 is 0 Å². The molecule has 4 rings (SSSR count). The van der Waals surface area contributed by atoms with Gasteiger partial charge in [0, 0.05) is 42.8 Å². The van der Waals surface area contributed by atoms with E-state index in [9.17, 15) is 18.0 Å². The van der Waals surface area contributed by atoms with Gasteiger partial charge in [0.2, 0.25) is 0 Å². The Morgan fingerprint density at radius 3 is 2.46 bits per heavy atom. The van der Waals surface area contributed by atoms with Gasteiger partial charge in [0.05, 0.1) is 16.9 Å². The first-order valence-electron chi connectivity index (χ1n) is 8.25. The Morgan fingerprint density at radius 1 is 1.00 bits per heavy atom. The van der Waals surface area contributed by atoms with Crippen LogP contribution in [0.3, 0.4) is 0 Å². The Kier molecular flexibility index (Phi) is 3.96. The van der Waals surface area contributed by atoms with Crippen LogP contribution in [0.5, 0.6) is 0 Å². The standard InChI is InChI=1S/C19H16F3N3O/c20-11-1-2-16(14(21)7-11)25-6-4-19(26)13-8-15(22)18(9-17(13)25)24-5-3-12(23)10-24/h1-2,4,6-9,12H,3,5,10,23H2. The second kappa shape index (κ2) is 6.17. The predicted octanol–water partition coefficient (Wildman–Crippen LogP) is 2.95. The number of hydrogen-bond donors (Lipinski definition) is 1. The van der Waals surface area contributed by atoms with Gasteiger partial charge < -0.3 is 15.2 Å². The topological polar surface area (TPSA) is 51.3 Å². The van der Waals surface area contributed by atoms with Gasteiger partial charge in [-0.25, -0.2) is 13.2 Å². The van der Waals surface area contributed by atoms with E-state index in [0.717, 1.165) is 24.6 Å². The molecule has 1 saturated heterocycles. The van der Waals surface area contributed by atoms with E-state index in [1.807, 2.05) is 4.90 Å². The van der Waals surface area contributed by atoms with Crippen molar-refractivity contribution in [1.82, 2.24) is 4.57 Å². The minimum atomic E-state index is -0.774. The first kappa shape index (κ1) is 16.7. The number of halogens is 3. The molecule has 2 heterocycles. The number of anilines is 1. The number of nitrogens with two attached hydrogens (primary N) is 1. The summed E-state index contributed by atoms with van der Waals surface area (Å²) in [5, 5.41) is 0.126. The van der Waals surface area contributed by atoms with Gasteiger partial charge in [-0.1, -0.05) is 0 Å². The van der Waals surface area contributed by atoms with E-state index in [1.165, 1.54) is 29.0 Å². The zero-order valence-electron chi connectivity index (χ0n) is 13.8. The molecule has 0 amide bonds. The van der Waals surface area contributed by atoms with Gasteiger partial charge in [-0.05, 0) is 30.7 Å². The molecule has 0 bridgehead atoms. The summed E-state index contributed by atoms with van der Waals surface area (Å²) in [6.45, 7) is 1.11. The predicted molar refractivity (Wildman–Crippen MR) is 94.2 cm³/mol. The molecule has 1 atom stereocenters. The summed E-state index contributed by atoms with van der Waals surface area (Å²) >= 11 is 0. The van der Waals surface area contributed by atoms with Crippen molar-refractivity contribution in [2.24, 2.45) is 5.73 Å². The highest BCUT2D eigenvalue weighted by Crippen LogP contribution is 2.29. The summed E-state index contributed by atoms with van der Waals surface area (Å²) in [7, 11) is 0. The van der Waals surface area contributed by atoms with Crippen LogP contribution in [0.15, 0.2) is 47.4 Å². The van der Waals surface area contributed by atoms with Gasteiger partial charge in [-0.15, -0.1) is 0 Å². The maximum absolute atomic E-state index is 14.6.